The molecule has 0 aliphatic rings. The number of nitro groups is 1. The number of nitrogen functional groups attached to an aromatic ring is 1. The summed E-state index contributed by atoms with van der Waals surface area (Å²) in [6.07, 6.45) is 0.978. The highest BCUT2D eigenvalue weighted by Gasteiger charge is 2.17. The molecule has 68 valence electrons. The first-order valence-corrected chi connectivity index (χ1v) is 3.43. The third-order valence-electron chi connectivity index (χ3n) is 1.48. The Morgan fingerprint density at radius 2 is 2.31 bits per heavy atom. The van der Waals surface area contributed by atoms with Crippen LogP contribution in [0.25, 0.3) is 0 Å². The van der Waals surface area contributed by atoms with Gasteiger partial charge in [0.2, 0.25) is 0 Å². The summed E-state index contributed by atoms with van der Waals surface area (Å²) in [7, 11) is 0. The molecule has 0 spiro atoms. The lowest BCUT2D eigenvalue weighted by Gasteiger charge is -1.98. The van der Waals surface area contributed by atoms with Gasteiger partial charge in [0, 0.05) is 0 Å². The van der Waals surface area contributed by atoms with Crippen LogP contribution in [0.2, 0.25) is 0 Å². The molecule has 6 nitrogen and oxygen atoms in total. The number of Topliss-reactive ketones (excluding diaryl/α,β-unsaturated/α-hetero) is 1. The van der Waals surface area contributed by atoms with Crippen molar-refractivity contribution in [3.63, 3.8) is 0 Å². The lowest BCUT2D eigenvalue weighted by atomic mass is 10.1. The molecule has 0 amide bonds. The van der Waals surface area contributed by atoms with E-state index in [1.165, 1.54) is 13.0 Å². The molecular weight excluding hydrogens is 174 g/mol. The van der Waals surface area contributed by atoms with Crippen molar-refractivity contribution in [3.8, 4) is 0 Å². The summed E-state index contributed by atoms with van der Waals surface area (Å²) in [4.78, 5) is 24.2. The minimum atomic E-state index is -0.664. The predicted molar refractivity (Wildman–Crippen MR) is 45.3 cm³/mol. The van der Waals surface area contributed by atoms with Gasteiger partial charge in [-0.15, -0.1) is 0 Å². The molecule has 1 rings (SSSR count). The van der Waals surface area contributed by atoms with Crippen molar-refractivity contribution >= 4 is 17.3 Å². The van der Waals surface area contributed by atoms with Gasteiger partial charge in [-0.1, -0.05) is 0 Å². The van der Waals surface area contributed by atoms with E-state index in [4.69, 9.17) is 5.73 Å². The van der Waals surface area contributed by atoms with E-state index in [1.54, 1.807) is 0 Å². The maximum absolute atomic E-state index is 10.9. The van der Waals surface area contributed by atoms with Gasteiger partial charge in [0.15, 0.2) is 5.78 Å². The van der Waals surface area contributed by atoms with Crippen LogP contribution < -0.4 is 5.73 Å². The number of aromatic nitrogens is 1. The smallest absolute Gasteiger partial charge is 0.298 e. The number of rotatable bonds is 2. The molecule has 1 aromatic rings. The van der Waals surface area contributed by atoms with Crippen LogP contribution in [0.15, 0.2) is 12.3 Å². The highest BCUT2D eigenvalue weighted by molar-refractivity contribution is 5.98. The van der Waals surface area contributed by atoms with Crippen LogP contribution in [0.5, 0.6) is 0 Å². The molecule has 1 aromatic heterocycles. The molecule has 6 heteroatoms. The van der Waals surface area contributed by atoms with Gasteiger partial charge in [-0.05, 0) is 13.0 Å². The largest absolute Gasteiger partial charge is 0.384 e. The number of carbonyl (C=O) groups is 1. The molecular formula is C7H7N3O3. The molecule has 0 aromatic carbocycles. The van der Waals surface area contributed by atoms with Gasteiger partial charge >= 0.3 is 0 Å². The predicted octanol–water partition coefficient (Wildman–Crippen LogP) is 0.775. The van der Waals surface area contributed by atoms with E-state index in [0.29, 0.717) is 0 Å². The number of pyridine rings is 1. The zero-order chi connectivity index (χ0) is 10.0. The summed E-state index contributed by atoms with van der Waals surface area (Å²) >= 11 is 0. The number of carbonyl (C=O) groups excluding carboxylic acids is 1. The Labute approximate surface area is 73.5 Å². The van der Waals surface area contributed by atoms with E-state index in [1.807, 2.05) is 0 Å². The second-order valence-electron chi connectivity index (χ2n) is 2.44. The zero-order valence-corrected chi connectivity index (χ0v) is 6.85. The van der Waals surface area contributed by atoms with Crippen molar-refractivity contribution in [1.29, 1.82) is 0 Å². The lowest BCUT2D eigenvalue weighted by Crippen LogP contribution is -2.03. The average Bonchev–Trinajstić information content (AvgIpc) is 2.03. The average molecular weight is 181 g/mol. The summed E-state index contributed by atoms with van der Waals surface area (Å²) in [6.45, 7) is 1.24. The van der Waals surface area contributed by atoms with E-state index >= 15 is 0 Å². The maximum Gasteiger partial charge on any atom is 0.298 e. The molecule has 0 aliphatic heterocycles. The van der Waals surface area contributed by atoms with E-state index in [-0.39, 0.29) is 17.1 Å². The summed E-state index contributed by atoms with van der Waals surface area (Å²) in [5.74, 6) is -0.309. The van der Waals surface area contributed by atoms with Gasteiger partial charge in [0.1, 0.15) is 17.6 Å². The lowest BCUT2D eigenvalue weighted by molar-refractivity contribution is -0.385. The molecule has 0 unspecified atom stereocenters. The number of nitrogens with two attached hydrogens (primary N) is 1. The Hall–Kier alpha value is -1.98. The van der Waals surface area contributed by atoms with Crippen LogP contribution in [-0.4, -0.2) is 15.7 Å². The standard InChI is InChI=1S/C7H7N3O3/c1-4(11)5-2-7(8)9-3-6(5)10(12)13/h2-3H,1H3,(H2,8,9). The van der Waals surface area contributed by atoms with Crippen molar-refractivity contribution < 1.29 is 9.72 Å². The first kappa shape index (κ1) is 9.11. The fourth-order valence-corrected chi connectivity index (χ4v) is 0.892. The number of ketones is 1. The SMILES string of the molecule is CC(=O)c1cc(N)ncc1[N+](=O)[O-]. The highest BCUT2D eigenvalue weighted by atomic mass is 16.6. The van der Waals surface area contributed by atoms with Crippen LogP contribution in [0.1, 0.15) is 17.3 Å². The third kappa shape index (κ3) is 1.78. The molecule has 0 saturated carbocycles. The second-order valence-corrected chi connectivity index (χ2v) is 2.44. The summed E-state index contributed by atoms with van der Waals surface area (Å²) in [5, 5.41) is 10.4. The monoisotopic (exact) mass is 181 g/mol. The summed E-state index contributed by atoms with van der Waals surface area (Å²) < 4.78 is 0. The summed E-state index contributed by atoms with van der Waals surface area (Å²) in [6, 6.07) is 1.19. The third-order valence-corrected chi connectivity index (χ3v) is 1.48. The minimum absolute atomic E-state index is 0.0162. The van der Waals surface area contributed by atoms with Crippen LogP contribution in [0, 0.1) is 10.1 Å². The molecule has 0 bridgehead atoms. The maximum atomic E-state index is 10.9. The molecule has 1 heterocycles. The van der Waals surface area contributed by atoms with Crippen molar-refractivity contribution in [2.24, 2.45) is 0 Å². The second kappa shape index (κ2) is 3.18. The Morgan fingerprint density at radius 3 is 2.77 bits per heavy atom. The van der Waals surface area contributed by atoms with Crippen LogP contribution in [0.3, 0.4) is 0 Å². The van der Waals surface area contributed by atoms with E-state index < -0.39 is 10.7 Å². The fourth-order valence-electron chi connectivity index (χ4n) is 0.892. The highest BCUT2D eigenvalue weighted by Crippen LogP contribution is 2.18. The quantitative estimate of drug-likeness (QED) is 0.412. The number of anilines is 1. The Morgan fingerprint density at radius 1 is 1.69 bits per heavy atom. The Bertz CT molecular complexity index is 375. The number of hydrogen-bond acceptors (Lipinski definition) is 5. The van der Waals surface area contributed by atoms with Crippen LogP contribution in [-0.2, 0) is 0 Å². The number of hydrogen-bond donors (Lipinski definition) is 1. The molecule has 0 aliphatic carbocycles. The first-order chi connectivity index (χ1) is 6.02. The topological polar surface area (TPSA) is 99.1 Å². The van der Waals surface area contributed by atoms with Gasteiger partial charge in [-0.3, -0.25) is 14.9 Å². The van der Waals surface area contributed by atoms with Crippen molar-refractivity contribution in [2.45, 2.75) is 6.92 Å². The first-order valence-electron chi connectivity index (χ1n) is 3.43. The Balaban J connectivity index is 3.35. The van der Waals surface area contributed by atoms with Crippen LogP contribution >= 0.6 is 0 Å². The molecule has 0 radical (unpaired) electrons. The van der Waals surface area contributed by atoms with Crippen molar-refractivity contribution in [1.82, 2.24) is 4.98 Å². The van der Waals surface area contributed by atoms with Crippen LogP contribution in [0.4, 0.5) is 11.5 Å². The molecule has 0 fully saturated rings. The molecule has 13 heavy (non-hydrogen) atoms. The molecule has 2 N–H and O–H groups in total. The van der Waals surface area contributed by atoms with Gasteiger partial charge in [-0.2, -0.15) is 0 Å². The minimum Gasteiger partial charge on any atom is -0.384 e. The molecule has 0 saturated heterocycles. The van der Waals surface area contributed by atoms with Crippen molar-refractivity contribution in [3.05, 3.63) is 27.9 Å². The van der Waals surface area contributed by atoms with Gasteiger partial charge in [-0.25, -0.2) is 4.98 Å². The van der Waals surface area contributed by atoms with Crippen molar-refractivity contribution in [2.75, 3.05) is 5.73 Å². The summed E-state index contributed by atoms with van der Waals surface area (Å²) in [5.41, 5.74) is 4.95. The van der Waals surface area contributed by atoms with Gasteiger partial charge in [0.05, 0.1) is 4.92 Å². The normalized spacial score (nSPS) is 9.62. The molecule has 0 atom stereocenters. The van der Waals surface area contributed by atoms with Gasteiger partial charge in [0.25, 0.3) is 5.69 Å². The fraction of sp³-hybridized carbons (Fsp3) is 0.143. The Kier molecular flexibility index (Phi) is 2.23. The van der Waals surface area contributed by atoms with E-state index in [2.05, 4.69) is 4.98 Å². The van der Waals surface area contributed by atoms with Gasteiger partial charge < -0.3 is 5.73 Å². The van der Waals surface area contributed by atoms with E-state index in [9.17, 15) is 14.9 Å². The van der Waals surface area contributed by atoms with E-state index in [0.717, 1.165) is 6.20 Å². The zero-order valence-electron chi connectivity index (χ0n) is 6.85. The number of nitrogens with zero attached hydrogens (tertiary/aromatic N) is 2.